The first-order chi connectivity index (χ1) is 9.38. The van der Waals surface area contributed by atoms with Crippen LogP contribution >= 0.6 is 0 Å². The summed E-state index contributed by atoms with van der Waals surface area (Å²) in [6.45, 7) is -0.778. The summed E-state index contributed by atoms with van der Waals surface area (Å²) in [4.78, 5) is 10.6. The van der Waals surface area contributed by atoms with Crippen LogP contribution in [0.15, 0.2) is 12.2 Å². The third kappa shape index (κ3) is 2.45. The fourth-order valence-corrected chi connectivity index (χ4v) is 3.35. The van der Waals surface area contributed by atoms with Gasteiger partial charge in [0, 0.05) is 10.8 Å². The Morgan fingerprint density at radius 1 is 1.15 bits per heavy atom. The number of aliphatic hydroxyl groups excluding tert-OH is 5. The summed E-state index contributed by atoms with van der Waals surface area (Å²) in [5.74, 6) is -1.31. The Morgan fingerprint density at radius 3 is 2.30 bits per heavy atom. The molecule has 1 fully saturated rings. The monoisotopic (exact) mass is 289 g/mol. The molecule has 0 saturated heterocycles. The maximum Gasteiger partial charge on any atom is 0.225 e. The zero-order valence-electron chi connectivity index (χ0n) is 10.7. The molecule has 0 unspecified atom stereocenters. The van der Waals surface area contributed by atoms with E-state index >= 15 is 0 Å². The van der Waals surface area contributed by atoms with Gasteiger partial charge in [0.05, 0.1) is 18.6 Å². The van der Waals surface area contributed by atoms with Crippen LogP contribution in [0.5, 0.6) is 0 Å². The molecular formula is C12H19NO7. The van der Waals surface area contributed by atoms with Gasteiger partial charge in [-0.3, -0.25) is 10.1 Å². The van der Waals surface area contributed by atoms with Crippen LogP contribution in [0.2, 0.25) is 0 Å². The summed E-state index contributed by atoms with van der Waals surface area (Å²) in [6.07, 6.45) is -2.60. The second kappa shape index (κ2) is 5.74. The average molecular weight is 289 g/mol. The number of nitro groups is 1. The van der Waals surface area contributed by atoms with Crippen LogP contribution in [0.3, 0.4) is 0 Å². The average Bonchev–Trinajstić information content (AvgIpc) is 3.04. The van der Waals surface area contributed by atoms with Gasteiger partial charge in [-0.1, -0.05) is 12.2 Å². The molecule has 0 aromatic carbocycles. The van der Waals surface area contributed by atoms with Crippen molar-refractivity contribution in [2.75, 3.05) is 6.61 Å². The van der Waals surface area contributed by atoms with Gasteiger partial charge in [-0.2, -0.15) is 0 Å². The number of rotatable bonds is 6. The standard InChI is InChI=1S/C12H19NO7/c14-4-7(15)10(16)12(18)11(17)8-5-1-2-6(3-5)9(8)13(19)20/h1-2,5-12,14-18H,3-4H2/t5-,6+,7-,8-,9-,10+,11+,12+/m0/s1. The van der Waals surface area contributed by atoms with Gasteiger partial charge in [0.1, 0.15) is 18.3 Å². The number of hydrogen-bond acceptors (Lipinski definition) is 7. The van der Waals surface area contributed by atoms with E-state index in [1.165, 1.54) is 0 Å². The minimum atomic E-state index is -1.76. The molecule has 0 aromatic heterocycles. The summed E-state index contributed by atoms with van der Waals surface area (Å²) in [7, 11) is 0. The van der Waals surface area contributed by atoms with E-state index in [0.29, 0.717) is 6.42 Å². The number of aliphatic hydroxyl groups is 5. The summed E-state index contributed by atoms with van der Waals surface area (Å²) in [6, 6.07) is -1.01. The van der Waals surface area contributed by atoms with E-state index in [1.54, 1.807) is 12.2 Å². The summed E-state index contributed by atoms with van der Waals surface area (Å²) in [5.41, 5.74) is 0. The third-order valence-corrected chi connectivity index (χ3v) is 4.40. The molecule has 2 aliphatic carbocycles. The van der Waals surface area contributed by atoms with Crippen molar-refractivity contribution in [2.45, 2.75) is 36.9 Å². The first-order valence-corrected chi connectivity index (χ1v) is 6.53. The van der Waals surface area contributed by atoms with Crippen molar-refractivity contribution < 1.29 is 30.5 Å². The zero-order valence-corrected chi connectivity index (χ0v) is 10.7. The molecule has 0 amide bonds. The first kappa shape index (κ1) is 15.3. The normalized spacial score (nSPS) is 37.6. The molecule has 1 saturated carbocycles. The maximum atomic E-state index is 11.1. The second-order valence-corrected chi connectivity index (χ2v) is 5.52. The Balaban J connectivity index is 2.13. The minimum absolute atomic E-state index is 0.224. The molecule has 0 spiro atoms. The molecule has 2 aliphatic rings. The van der Waals surface area contributed by atoms with Crippen LogP contribution in [0.4, 0.5) is 0 Å². The molecule has 5 N–H and O–H groups in total. The van der Waals surface area contributed by atoms with E-state index in [1.807, 2.05) is 0 Å². The molecule has 2 bridgehead atoms. The van der Waals surface area contributed by atoms with Crippen molar-refractivity contribution >= 4 is 0 Å². The summed E-state index contributed by atoms with van der Waals surface area (Å²) >= 11 is 0. The third-order valence-electron chi connectivity index (χ3n) is 4.40. The van der Waals surface area contributed by atoms with Gasteiger partial charge < -0.3 is 25.5 Å². The van der Waals surface area contributed by atoms with Crippen LogP contribution in [0.1, 0.15) is 6.42 Å². The molecule has 114 valence electrons. The van der Waals surface area contributed by atoms with E-state index in [2.05, 4.69) is 0 Å². The van der Waals surface area contributed by atoms with Gasteiger partial charge in [-0.25, -0.2) is 0 Å². The predicted molar refractivity (Wildman–Crippen MR) is 66.1 cm³/mol. The molecule has 0 aromatic rings. The SMILES string of the molecule is O=[N+]([O-])[C@@H]1[C@@H]([C@@H](O)[C@H](O)[C@H](O)[C@@H](O)CO)[C@H]2C=C[C@@H]1C2. The van der Waals surface area contributed by atoms with Crippen LogP contribution < -0.4 is 0 Å². The topological polar surface area (TPSA) is 144 Å². The number of hydrogen-bond donors (Lipinski definition) is 5. The lowest BCUT2D eigenvalue weighted by atomic mass is 9.81. The quantitative estimate of drug-likeness (QED) is 0.214. The highest BCUT2D eigenvalue weighted by atomic mass is 16.6. The van der Waals surface area contributed by atoms with Gasteiger partial charge in [0.2, 0.25) is 6.04 Å². The largest absolute Gasteiger partial charge is 0.394 e. The fraction of sp³-hybridized carbons (Fsp3) is 0.833. The van der Waals surface area contributed by atoms with Crippen molar-refractivity contribution in [1.29, 1.82) is 0 Å². The molecular weight excluding hydrogens is 270 g/mol. The van der Waals surface area contributed by atoms with Gasteiger partial charge in [0.25, 0.3) is 0 Å². The van der Waals surface area contributed by atoms with E-state index in [4.69, 9.17) is 5.11 Å². The molecule has 8 nitrogen and oxygen atoms in total. The highest BCUT2D eigenvalue weighted by Crippen LogP contribution is 2.47. The number of allylic oxidation sites excluding steroid dienone is 1. The molecule has 0 heterocycles. The van der Waals surface area contributed by atoms with Crippen molar-refractivity contribution in [3.8, 4) is 0 Å². The smallest absolute Gasteiger partial charge is 0.225 e. The van der Waals surface area contributed by atoms with Gasteiger partial charge >= 0.3 is 0 Å². The van der Waals surface area contributed by atoms with Crippen molar-refractivity contribution in [1.82, 2.24) is 0 Å². The van der Waals surface area contributed by atoms with E-state index in [0.717, 1.165) is 0 Å². The zero-order chi connectivity index (χ0) is 15.0. The molecule has 8 atom stereocenters. The molecule has 20 heavy (non-hydrogen) atoms. The van der Waals surface area contributed by atoms with E-state index in [-0.39, 0.29) is 11.8 Å². The van der Waals surface area contributed by atoms with Crippen LogP contribution in [0.25, 0.3) is 0 Å². The Bertz CT molecular complexity index is 401. The highest BCUT2D eigenvalue weighted by Gasteiger charge is 2.56. The number of fused-ring (bicyclic) bond motifs is 2. The molecule has 8 heteroatoms. The highest BCUT2D eigenvalue weighted by molar-refractivity contribution is 5.16. The number of nitrogens with zero attached hydrogens (tertiary/aromatic N) is 1. The Hall–Kier alpha value is -1.06. The van der Waals surface area contributed by atoms with E-state index in [9.17, 15) is 30.5 Å². The van der Waals surface area contributed by atoms with Crippen LogP contribution in [0, 0.1) is 27.9 Å². The van der Waals surface area contributed by atoms with E-state index < -0.39 is 47.9 Å². The lowest BCUT2D eigenvalue weighted by molar-refractivity contribution is -0.538. The minimum Gasteiger partial charge on any atom is -0.394 e. The Morgan fingerprint density at radius 2 is 1.75 bits per heavy atom. The van der Waals surface area contributed by atoms with Crippen molar-refractivity contribution in [3.05, 3.63) is 22.3 Å². The fourth-order valence-electron chi connectivity index (χ4n) is 3.35. The van der Waals surface area contributed by atoms with Gasteiger partial charge in [-0.15, -0.1) is 0 Å². The molecule has 0 radical (unpaired) electrons. The Kier molecular flexibility index (Phi) is 4.40. The Labute approximate surface area is 115 Å². The maximum absolute atomic E-state index is 11.1. The van der Waals surface area contributed by atoms with Crippen LogP contribution in [-0.4, -0.2) is 67.5 Å². The summed E-state index contributed by atoms with van der Waals surface area (Å²) in [5, 5.41) is 58.7. The van der Waals surface area contributed by atoms with Gasteiger partial charge in [-0.05, 0) is 12.3 Å². The van der Waals surface area contributed by atoms with Gasteiger partial charge in [0.15, 0.2) is 0 Å². The van der Waals surface area contributed by atoms with Crippen molar-refractivity contribution in [2.24, 2.45) is 17.8 Å². The lowest BCUT2D eigenvalue weighted by Crippen LogP contribution is -2.52. The molecule has 0 aliphatic heterocycles. The summed E-state index contributed by atoms with van der Waals surface area (Å²) < 4.78 is 0. The predicted octanol–water partition coefficient (Wildman–Crippen LogP) is -2.11. The first-order valence-electron chi connectivity index (χ1n) is 6.53. The van der Waals surface area contributed by atoms with Crippen molar-refractivity contribution in [3.63, 3.8) is 0 Å². The second-order valence-electron chi connectivity index (χ2n) is 5.52. The lowest BCUT2D eigenvalue weighted by Gasteiger charge is -2.32. The molecule has 2 rings (SSSR count). The van der Waals surface area contributed by atoms with Crippen LogP contribution in [-0.2, 0) is 0 Å².